The molecule has 28 heavy (non-hydrogen) atoms. The first-order chi connectivity index (χ1) is 13.5. The van der Waals surface area contributed by atoms with Crippen molar-refractivity contribution in [1.82, 2.24) is 9.97 Å². The number of carbonyl (C=O) groups is 2. The Morgan fingerprint density at radius 1 is 1.11 bits per heavy atom. The summed E-state index contributed by atoms with van der Waals surface area (Å²) >= 11 is 0. The number of para-hydroxylation sites is 1. The number of fused-ring (bicyclic) bond motifs is 1. The molecule has 1 heterocycles. The van der Waals surface area contributed by atoms with Crippen LogP contribution >= 0.6 is 0 Å². The number of nitrogens with zero attached hydrogens (tertiary/aromatic N) is 1. The largest absolute Gasteiger partial charge is 0.456 e. The van der Waals surface area contributed by atoms with Crippen molar-refractivity contribution in [2.24, 2.45) is 0 Å². The second-order valence-corrected chi connectivity index (χ2v) is 6.46. The minimum atomic E-state index is -0.470. The van der Waals surface area contributed by atoms with Gasteiger partial charge in [-0.2, -0.15) is 0 Å². The molecular formula is C21H21N3O4. The summed E-state index contributed by atoms with van der Waals surface area (Å²) in [7, 11) is 0. The van der Waals surface area contributed by atoms with Crippen LogP contribution in [0, 0.1) is 6.92 Å². The number of rotatable bonds is 7. The molecule has 0 spiro atoms. The molecule has 0 fully saturated rings. The van der Waals surface area contributed by atoms with Gasteiger partial charge in [-0.05, 0) is 37.6 Å². The van der Waals surface area contributed by atoms with Gasteiger partial charge in [0.05, 0.1) is 10.9 Å². The molecule has 3 rings (SSSR count). The second-order valence-electron chi connectivity index (χ2n) is 6.46. The number of nitrogens with one attached hydrogen (secondary N) is 2. The lowest BCUT2D eigenvalue weighted by atomic mass is 10.2. The lowest BCUT2D eigenvalue weighted by molar-refractivity contribution is -0.147. The maximum Gasteiger partial charge on any atom is 0.306 e. The first kappa shape index (κ1) is 19.3. The molecule has 3 aromatic rings. The van der Waals surface area contributed by atoms with Gasteiger partial charge in [0.25, 0.3) is 11.5 Å². The van der Waals surface area contributed by atoms with Crippen LogP contribution in [0.1, 0.15) is 24.2 Å². The van der Waals surface area contributed by atoms with E-state index in [4.69, 9.17) is 4.74 Å². The molecule has 0 saturated carbocycles. The van der Waals surface area contributed by atoms with Crippen LogP contribution in [-0.4, -0.2) is 28.5 Å². The topological polar surface area (TPSA) is 101 Å². The number of hydrogen-bond acceptors (Lipinski definition) is 5. The zero-order chi connectivity index (χ0) is 19.9. The molecule has 0 aliphatic carbocycles. The van der Waals surface area contributed by atoms with E-state index in [-0.39, 0.29) is 18.6 Å². The number of aromatic amines is 1. The Balaban J connectivity index is 1.42. The fraction of sp³-hybridized carbons (Fsp3) is 0.238. The first-order valence-electron chi connectivity index (χ1n) is 9.01. The average molecular weight is 379 g/mol. The number of aryl methyl sites for hydroxylation is 2. The van der Waals surface area contributed by atoms with Gasteiger partial charge in [0.15, 0.2) is 6.61 Å². The molecule has 0 saturated heterocycles. The summed E-state index contributed by atoms with van der Waals surface area (Å²) < 4.78 is 4.99. The maximum absolute atomic E-state index is 12.0. The zero-order valence-corrected chi connectivity index (χ0v) is 15.5. The van der Waals surface area contributed by atoms with Crippen molar-refractivity contribution in [2.45, 2.75) is 26.2 Å². The fourth-order valence-corrected chi connectivity index (χ4v) is 2.71. The summed E-state index contributed by atoms with van der Waals surface area (Å²) in [6, 6.07) is 14.4. The number of esters is 1. The predicted octanol–water partition coefficient (Wildman–Crippen LogP) is 2.74. The van der Waals surface area contributed by atoms with Crippen LogP contribution in [0.2, 0.25) is 0 Å². The summed E-state index contributed by atoms with van der Waals surface area (Å²) in [4.78, 5) is 42.8. The maximum atomic E-state index is 12.0. The Labute approximate surface area is 161 Å². The number of ether oxygens (including phenoxy) is 1. The van der Waals surface area contributed by atoms with Crippen molar-refractivity contribution in [1.29, 1.82) is 0 Å². The quantitative estimate of drug-likeness (QED) is 0.615. The summed E-state index contributed by atoms with van der Waals surface area (Å²) in [5.41, 5.74) is 2.16. The van der Waals surface area contributed by atoms with Crippen LogP contribution < -0.4 is 10.9 Å². The molecular weight excluding hydrogens is 358 g/mol. The van der Waals surface area contributed by atoms with Gasteiger partial charge in [0.2, 0.25) is 0 Å². The van der Waals surface area contributed by atoms with Crippen molar-refractivity contribution in [2.75, 3.05) is 11.9 Å². The summed E-state index contributed by atoms with van der Waals surface area (Å²) in [6.45, 7) is 1.62. The Morgan fingerprint density at radius 2 is 1.86 bits per heavy atom. The molecule has 0 aliphatic heterocycles. The lowest BCUT2D eigenvalue weighted by Crippen LogP contribution is -2.21. The molecule has 0 aliphatic rings. The summed E-state index contributed by atoms with van der Waals surface area (Å²) in [5.74, 6) is -0.339. The molecule has 0 atom stereocenters. The van der Waals surface area contributed by atoms with Gasteiger partial charge in [-0.3, -0.25) is 14.4 Å². The van der Waals surface area contributed by atoms with Gasteiger partial charge in [0.1, 0.15) is 5.82 Å². The van der Waals surface area contributed by atoms with E-state index in [1.807, 2.05) is 25.1 Å². The van der Waals surface area contributed by atoms with E-state index in [1.54, 1.807) is 30.3 Å². The van der Waals surface area contributed by atoms with Crippen LogP contribution in [0.5, 0.6) is 0 Å². The number of H-pyrrole nitrogens is 1. The highest BCUT2D eigenvalue weighted by Gasteiger charge is 2.09. The monoisotopic (exact) mass is 379 g/mol. The minimum Gasteiger partial charge on any atom is -0.456 e. The smallest absolute Gasteiger partial charge is 0.306 e. The Hall–Kier alpha value is -3.48. The van der Waals surface area contributed by atoms with Crippen molar-refractivity contribution < 1.29 is 14.3 Å². The van der Waals surface area contributed by atoms with Gasteiger partial charge < -0.3 is 15.0 Å². The SMILES string of the molecule is Cc1ccc(NC(=O)COC(=O)CCCc2nc3ccccc3c(=O)[nH]2)cc1. The van der Waals surface area contributed by atoms with E-state index in [2.05, 4.69) is 15.3 Å². The molecule has 144 valence electrons. The molecule has 2 aromatic carbocycles. The highest BCUT2D eigenvalue weighted by Crippen LogP contribution is 2.09. The van der Waals surface area contributed by atoms with Crippen LogP contribution in [0.3, 0.4) is 0 Å². The van der Waals surface area contributed by atoms with Crippen molar-refractivity contribution in [3.63, 3.8) is 0 Å². The number of anilines is 1. The highest BCUT2D eigenvalue weighted by atomic mass is 16.5. The van der Waals surface area contributed by atoms with E-state index in [9.17, 15) is 14.4 Å². The molecule has 1 amide bonds. The molecule has 2 N–H and O–H groups in total. The average Bonchev–Trinajstić information content (AvgIpc) is 2.68. The molecule has 0 unspecified atom stereocenters. The summed E-state index contributed by atoms with van der Waals surface area (Å²) in [5, 5.41) is 3.20. The Kier molecular flexibility index (Phi) is 6.16. The third-order valence-corrected chi connectivity index (χ3v) is 4.16. The zero-order valence-electron chi connectivity index (χ0n) is 15.5. The van der Waals surface area contributed by atoms with Crippen molar-refractivity contribution in [3.8, 4) is 0 Å². The third kappa shape index (κ3) is 5.26. The van der Waals surface area contributed by atoms with E-state index in [1.165, 1.54) is 0 Å². The number of carbonyl (C=O) groups excluding carboxylic acids is 2. The fourth-order valence-electron chi connectivity index (χ4n) is 2.71. The van der Waals surface area contributed by atoms with Gasteiger partial charge in [-0.15, -0.1) is 0 Å². The minimum absolute atomic E-state index is 0.133. The molecule has 7 heteroatoms. The third-order valence-electron chi connectivity index (χ3n) is 4.16. The number of aromatic nitrogens is 2. The van der Waals surface area contributed by atoms with Gasteiger partial charge >= 0.3 is 5.97 Å². The lowest BCUT2D eigenvalue weighted by Gasteiger charge is -2.07. The van der Waals surface area contributed by atoms with Gasteiger partial charge in [0, 0.05) is 18.5 Å². The van der Waals surface area contributed by atoms with Crippen molar-refractivity contribution >= 4 is 28.5 Å². The molecule has 0 bridgehead atoms. The van der Waals surface area contributed by atoms with Crippen molar-refractivity contribution in [3.05, 3.63) is 70.3 Å². The van der Waals surface area contributed by atoms with E-state index in [0.29, 0.717) is 35.3 Å². The Bertz CT molecular complexity index is 1040. The van der Waals surface area contributed by atoms with E-state index >= 15 is 0 Å². The Morgan fingerprint density at radius 3 is 2.64 bits per heavy atom. The van der Waals surface area contributed by atoms with Crippen LogP contribution in [0.15, 0.2) is 53.3 Å². The first-order valence-corrected chi connectivity index (χ1v) is 9.01. The highest BCUT2D eigenvalue weighted by molar-refractivity contribution is 5.92. The summed E-state index contributed by atoms with van der Waals surface area (Å²) in [6.07, 6.45) is 1.03. The second kappa shape index (κ2) is 8.94. The van der Waals surface area contributed by atoms with Gasteiger partial charge in [-0.1, -0.05) is 29.8 Å². The number of hydrogen-bond donors (Lipinski definition) is 2. The normalized spacial score (nSPS) is 10.6. The van der Waals surface area contributed by atoms with E-state index in [0.717, 1.165) is 5.56 Å². The van der Waals surface area contributed by atoms with Crippen LogP contribution in [0.4, 0.5) is 5.69 Å². The molecule has 1 aromatic heterocycles. The van der Waals surface area contributed by atoms with Gasteiger partial charge in [-0.25, -0.2) is 4.98 Å². The van der Waals surface area contributed by atoms with Crippen LogP contribution in [-0.2, 0) is 20.7 Å². The van der Waals surface area contributed by atoms with E-state index < -0.39 is 11.9 Å². The standard InChI is InChI=1S/C21H21N3O4/c1-14-9-11-15(12-10-14)22-19(25)13-28-20(26)8-4-7-18-23-17-6-3-2-5-16(17)21(27)24-18/h2-3,5-6,9-12H,4,7-8,13H2,1H3,(H,22,25)(H,23,24,27). The molecule has 7 nitrogen and oxygen atoms in total. The van der Waals surface area contributed by atoms with Crippen LogP contribution in [0.25, 0.3) is 10.9 Å². The predicted molar refractivity (Wildman–Crippen MR) is 106 cm³/mol. The number of benzene rings is 2. The molecule has 0 radical (unpaired) electrons. The number of amides is 1.